The molecule has 1 rings (SSSR count). The quantitative estimate of drug-likeness (QED) is 0.360. The lowest BCUT2D eigenvalue weighted by Crippen LogP contribution is -1.96. The Morgan fingerprint density at radius 1 is 1.43 bits per heavy atom. The Kier molecular flexibility index (Phi) is 3.76. The third-order valence-corrected chi connectivity index (χ3v) is 2.45. The minimum Gasteiger partial charge on any atom is -0.303 e. The van der Waals surface area contributed by atoms with Gasteiger partial charge in [0.1, 0.15) is 6.29 Å². The molecule has 0 aliphatic carbocycles. The maximum atomic E-state index is 10.5. The predicted molar refractivity (Wildman–Crippen MR) is 55.5 cm³/mol. The first-order valence-electron chi connectivity index (χ1n) is 3.95. The van der Waals surface area contributed by atoms with E-state index < -0.39 is 4.92 Å². The van der Waals surface area contributed by atoms with E-state index in [-0.39, 0.29) is 12.1 Å². The SMILES string of the molecule is O=CCc1cc([N+](=O)[O-])ccc1CBr. The molecule has 1 aromatic rings. The van der Waals surface area contributed by atoms with Gasteiger partial charge in [-0.3, -0.25) is 10.1 Å². The lowest BCUT2D eigenvalue weighted by Gasteiger charge is -2.02. The van der Waals surface area contributed by atoms with Crippen LogP contribution in [0.5, 0.6) is 0 Å². The van der Waals surface area contributed by atoms with Crippen molar-refractivity contribution in [3.8, 4) is 0 Å². The summed E-state index contributed by atoms with van der Waals surface area (Å²) in [5.41, 5.74) is 1.63. The fourth-order valence-corrected chi connectivity index (χ4v) is 1.68. The van der Waals surface area contributed by atoms with Gasteiger partial charge in [0.05, 0.1) is 4.92 Å². The number of rotatable bonds is 4. The van der Waals surface area contributed by atoms with Gasteiger partial charge in [0.2, 0.25) is 0 Å². The van der Waals surface area contributed by atoms with Gasteiger partial charge in [-0.15, -0.1) is 0 Å². The molecule has 0 aliphatic rings. The van der Waals surface area contributed by atoms with Crippen molar-refractivity contribution in [3.63, 3.8) is 0 Å². The Bertz CT molecular complexity index is 365. The van der Waals surface area contributed by atoms with Crippen LogP contribution < -0.4 is 0 Å². The molecule has 0 N–H and O–H groups in total. The Balaban J connectivity index is 3.13. The van der Waals surface area contributed by atoms with Crippen LogP contribution in [0.2, 0.25) is 0 Å². The fraction of sp³-hybridized carbons (Fsp3) is 0.222. The smallest absolute Gasteiger partial charge is 0.269 e. The third-order valence-electron chi connectivity index (χ3n) is 1.85. The summed E-state index contributed by atoms with van der Waals surface area (Å²) < 4.78 is 0. The Labute approximate surface area is 89.2 Å². The number of carbonyl (C=O) groups excluding carboxylic acids is 1. The zero-order chi connectivity index (χ0) is 10.6. The second kappa shape index (κ2) is 4.85. The van der Waals surface area contributed by atoms with Gasteiger partial charge in [0, 0.05) is 23.9 Å². The molecule has 14 heavy (non-hydrogen) atoms. The number of hydrogen-bond donors (Lipinski definition) is 0. The molecule has 1 aromatic carbocycles. The average molecular weight is 258 g/mol. The Morgan fingerprint density at radius 2 is 2.14 bits per heavy atom. The van der Waals surface area contributed by atoms with Crippen molar-refractivity contribution in [1.29, 1.82) is 0 Å². The van der Waals surface area contributed by atoms with E-state index >= 15 is 0 Å². The van der Waals surface area contributed by atoms with E-state index in [0.29, 0.717) is 10.9 Å². The van der Waals surface area contributed by atoms with Crippen LogP contribution in [-0.2, 0) is 16.5 Å². The van der Waals surface area contributed by atoms with E-state index in [9.17, 15) is 14.9 Å². The van der Waals surface area contributed by atoms with Gasteiger partial charge in [-0.25, -0.2) is 0 Å². The van der Waals surface area contributed by atoms with Gasteiger partial charge in [0.25, 0.3) is 5.69 Å². The summed E-state index contributed by atoms with van der Waals surface area (Å²) in [6, 6.07) is 4.53. The first-order valence-corrected chi connectivity index (χ1v) is 5.07. The van der Waals surface area contributed by atoms with Crippen LogP contribution >= 0.6 is 15.9 Å². The zero-order valence-electron chi connectivity index (χ0n) is 7.27. The highest BCUT2D eigenvalue weighted by atomic mass is 79.9. The Hall–Kier alpha value is -1.23. The van der Waals surface area contributed by atoms with Crippen LogP contribution in [0.4, 0.5) is 5.69 Å². The molecule has 0 bridgehead atoms. The first kappa shape index (κ1) is 10.8. The van der Waals surface area contributed by atoms with E-state index in [1.165, 1.54) is 12.1 Å². The van der Waals surface area contributed by atoms with Gasteiger partial charge < -0.3 is 4.79 Å². The summed E-state index contributed by atoms with van der Waals surface area (Å²) in [4.78, 5) is 20.3. The summed E-state index contributed by atoms with van der Waals surface area (Å²) in [6.07, 6.45) is 0.952. The number of hydrogen-bond acceptors (Lipinski definition) is 3. The Morgan fingerprint density at radius 3 is 2.64 bits per heavy atom. The van der Waals surface area contributed by atoms with Gasteiger partial charge in [-0.05, 0) is 11.1 Å². The molecule has 5 heteroatoms. The van der Waals surface area contributed by atoms with Crippen molar-refractivity contribution in [2.45, 2.75) is 11.8 Å². The summed E-state index contributed by atoms with van der Waals surface area (Å²) in [5, 5.41) is 11.1. The molecule has 0 radical (unpaired) electrons. The highest BCUT2D eigenvalue weighted by Crippen LogP contribution is 2.19. The summed E-state index contributed by atoms with van der Waals surface area (Å²) >= 11 is 3.25. The van der Waals surface area contributed by atoms with Crippen LogP contribution in [0.15, 0.2) is 18.2 Å². The lowest BCUT2D eigenvalue weighted by atomic mass is 10.1. The minimum absolute atomic E-state index is 0.0200. The molecule has 74 valence electrons. The van der Waals surface area contributed by atoms with Gasteiger partial charge in [0.15, 0.2) is 0 Å². The van der Waals surface area contributed by atoms with Crippen molar-refractivity contribution < 1.29 is 9.72 Å². The number of nitrogens with zero attached hydrogens (tertiary/aromatic N) is 1. The third kappa shape index (κ3) is 2.38. The number of nitro benzene ring substituents is 1. The molecule has 0 aliphatic heterocycles. The van der Waals surface area contributed by atoms with E-state index in [1.54, 1.807) is 6.07 Å². The second-order valence-electron chi connectivity index (χ2n) is 2.71. The number of benzene rings is 1. The van der Waals surface area contributed by atoms with Crippen molar-refractivity contribution in [1.82, 2.24) is 0 Å². The molecule has 0 saturated heterocycles. The predicted octanol–water partition coefficient (Wildman–Crippen LogP) is 2.23. The highest BCUT2D eigenvalue weighted by Gasteiger charge is 2.09. The molecule has 0 fully saturated rings. The number of halogens is 1. The van der Waals surface area contributed by atoms with E-state index in [0.717, 1.165) is 11.8 Å². The van der Waals surface area contributed by atoms with Crippen molar-refractivity contribution >= 4 is 27.9 Å². The molecule has 0 saturated carbocycles. The lowest BCUT2D eigenvalue weighted by molar-refractivity contribution is -0.384. The molecule has 0 aromatic heterocycles. The number of carbonyl (C=O) groups is 1. The number of nitro groups is 1. The maximum Gasteiger partial charge on any atom is 0.269 e. The number of alkyl halides is 1. The molecule has 0 atom stereocenters. The standard InChI is InChI=1S/C9H8BrNO3/c10-6-8-1-2-9(11(13)14)5-7(8)3-4-12/h1-2,4-5H,3,6H2. The van der Waals surface area contributed by atoms with Crippen molar-refractivity contribution in [3.05, 3.63) is 39.4 Å². The molecule has 0 amide bonds. The van der Waals surface area contributed by atoms with Crippen LogP contribution in [0, 0.1) is 10.1 Å². The molecular weight excluding hydrogens is 250 g/mol. The normalized spacial score (nSPS) is 9.79. The van der Waals surface area contributed by atoms with Crippen molar-refractivity contribution in [2.75, 3.05) is 0 Å². The van der Waals surface area contributed by atoms with Crippen LogP contribution in [0.3, 0.4) is 0 Å². The second-order valence-corrected chi connectivity index (χ2v) is 3.28. The van der Waals surface area contributed by atoms with Crippen molar-refractivity contribution in [2.24, 2.45) is 0 Å². The molecule has 0 heterocycles. The van der Waals surface area contributed by atoms with Crippen LogP contribution in [0.25, 0.3) is 0 Å². The van der Waals surface area contributed by atoms with E-state index in [1.807, 2.05) is 0 Å². The van der Waals surface area contributed by atoms with Gasteiger partial charge >= 0.3 is 0 Å². The zero-order valence-corrected chi connectivity index (χ0v) is 8.86. The van der Waals surface area contributed by atoms with E-state index in [2.05, 4.69) is 15.9 Å². The van der Waals surface area contributed by atoms with Crippen LogP contribution in [0.1, 0.15) is 11.1 Å². The molecule has 0 unspecified atom stereocenters. The number of non-ortho nitro benzene ring substituents is 1. The number of aldehydes is 1. The van der Waals surface area contributed by atoms with Gasteiger partial charge in [-0.2, -0.15) is 0 Å². The van der Waals surface area contributed by atoms with Crippen LogP contribution in [-0.4, -0.2) is 11.2 Å². The summed E-state index contributed by atoms with van der Waals surface area (Å²) in [7, 11) is 0. The highest BCUT2D eigenvalue weighted by molar-refractivity contribution is 9.08. The minimum atomic E-state index is -0.466. The fourth-order valence-electron chi connectivity index (χ4n) is 1.14. The molecule has 4 nitrogen and oxygen atoms in total. The summed E-state index contributed by atoms with van der Waals surface area (Å²) in [6.45, 7) is 0. The largest absolute Gasteiger partial charge is 0.303 e. The maximum absolute atomic E-state index is 10.5. The average Bonchev–Trinajstić information content (AvgIpc) is 2.18. The van der Waals surface area contributed by atoms with E-state index in [4.69, 9.17) is 0 Å². The molecule has 0 spiro atoms. The summed E-state index contributed by atoms with van der Waals surface area (Å²) in [5.74, 6) is 0. The first-order chi connectivity index (χ1) is 6.69. The monoisotopic (exact) mass is 257 g/mol. The van der Waals surface area contributed by atoms with Gasteiger partial charge in [-0.1, -0.05) is 22.0 Å². The molecular formula is C9H8BrNO3. The topological polar surface area (TPSA) is 60.2 Å².